The summed E-state index contributed by atoms with van der Waals surface area (Å²) in [5.41, 5.74) is 3.97. The summed E-state index contributed by atoms with van der Waals surface area (Å²) < 4.78 is 5.42. The van der Waals surface area contributed by atoms with Crippen LogP contribution in [-0.2, 0) is 17.8 Å². The fourth-order valence-corrected chi connectivity index (χ4v) is 3.47. The van der Waals surface area contributed by atoms with Crippen LogP contribution >= 0.6 is 11.6 Å². The van der Waals surface area contributed by atoms with Crippen molar-refractivity contribution < 1.29 is 9.53 Å². The molecule has 7 heteroatoms. The molecule has 0 atom stereocenters. The summed E-state index contributed by atoms with van der Waals surface area (Å²) in [6.45, 7) is 7.42. The SMILES string of the molecule is CCN(C)Cc1cccc(CNC(=O)Nc2cc(Cl)ccc2N2CCOCC2)c1. The molecule has 2 amide bonds. The molecule has 29 heavy (non-hydrogen) atoms. The Morgan fingerprint density at radius 1 is 1.17 bits per heavy atom. The first-order valence-electron chi connectivity index (χ1n) is 9.98. The molecule has 2 aromatic carbocycles. The van der Waals surface area contributed by atoms with Crippen LogP contribution in [0.1, 0.15) is 18.1 Å². The number of nitrogens with one attached hydrogen (secondary N) is 2. The zero-order valence-electron chi connectivity index (χ0n) is 17.1. The molecule has 6 nitrogen and oxygen atoms in total. The van der Waals surface area contributed by atoms with Crippen LogP contribution in [-0.4, -0.2) is 50.8 Å². The molecule has 1 aliphatic heterocycles. The highest BCUT2D eigenvalue weighted by molar-refractivity contribution is 6.31. The van der Waals surface area contributed by atoms with E-state index in [0.717, 1.165) is 37.4 Å². The van der Waals surface area contributed by atoms with Gasteiger partial charge in [0, 0.05) is 31.2 Å². The van der Waals surface area contributed by atoms with Crippen LogP contribution in [0.4, 0.5) is 16.2 Å². The van der Waals surface area contributed by atoms with Gasteiger partial charge in [0.2, 0.25) is 0 Å². The number of anilines is 2. The van der Waals surface area contributed by atoms with E-state index in [0.29, 0.717) is 30.5 Å². The zero-order chi connectivity index (χ0) is 20.6. The van der Waals surface area contributed by atoms with E-state index in [1.807, 2.05) is 24.3 Å². The van der Waals surface area contributed by atoms with Crippen molar-refractivity contribution >= 4 is 29.0 Å². The molecule has 1 fully saturated rings. The summed E-state index contributed by atoms with van der Waals surface area (Å²) in [5.74, 6) is 0. The fourth-order valence-electron chi connectivity index (χ4n) is 3.30. The van der Waals surface area contributed by atoms with Crippen molar-refractivity contribution in [3.8, 4) is 0 Å². The Morgan fingerprint density at radius 3 is 2.69 bits per heavy atom. The van der Waals surface area contributed by atoms with Crippen molar-refractivity contribution in [2.45, 2.75) is 20.0 Å². The van der Waals surface area contributed by atoms with Gasteiger partial charge in [0.25, 0.3) is 0 Å². The summed E-state index contributed by atoms with van der Waals surface area (Å²) in [4.78, 5) is 17.0. The normalized spacial score (nSPS) is 14.1. The summed E-state index contributed by atoms with van der Waals surface area (Å²) in [6.07, 6.45) is 0. The van der Waals surface area contributed by atoms with Gasteiger partial charge < -0.3 is 25.2 Å². The molecule has 0 unspecified atom stereocenters. The Kier molecular flexibility index (Phi) is 7.75. The number of rotatable bonds is 7. The van der Waals surface area contributed by atoms with Gasteiger partial charge in [0.05, 0.1) is 24.6 Å². The van der Waals surface area contributed by atoms with Gasteiger partial charge in [-0.15, -0.1) is 0 Å². The Balaban J connectivity index is 1.61. The molecule has 0 aromatic heterocycles. The third-order valence-electron chi connectivity index (χ3n) is 5.00. The van der Waals surface area contributed by atoms with E-state index in [-0.39, 0.29) is 6.03 Å². The zero-order valence-corrected chi connectivity index (χ0v) is 17.8. The average Bonchev–Trinajstić information content (AvgIpc) is 2.73. The Bertz CT molecular complexity index is 824. The minimum atomic E-state index is -0.252. The molecule has 2 N–H and O–H groups in total. The van der Waals surface area contributed by atoms with Crippen LogP contribution in [0.3, 0.4) is 0 Å². The molecular weight excluding hydrogens is 388 g/mol. The van der Waals surface area contributed by atoms with Crippen LogP contribution in [0.5, 0.6) is 0 Å². The van der Waals surface area contributed by atoms with Gasteiger partial charge >= 0.3 is 6.03 Å². The molecule has 0 spiro atoms. The van der Waals surface area contributed by atoms with E-state index in [9.17, 15) is 4.79 Å². The predicted molar refractivity (Wildman–Crippen MR) is 119 cm³/mol. The Labute approximate surface area is 177 Å². The lowest BCUT2D eigenvalue weighted by Gasteiger charge is -2.30. The number of ether oxygens (including phenoxy) is 1. The van der Waals surface area contributed by atoms with Crippen LogP contribution in [0.25, 0.3) is 0 Å². The van der Waals surface area contributed by atoms with Gasteiger partial charge in [0.1, 0.15) is 0 Å². The van der Waals surface area contributed by atoms with E-state index in [4.69, 9.17) is 16.3 Å². The lowest BCUT2D eigenvalue weighted by Crippen LogP contribution is -2.37. The van der Waals surface area contributed by atoms with Crippen LogP contribution in [0.15, 0.2) is 42.5 Å². The van der Waals surface area contributed by atoms with Gasteiger partial charge in [-0.25, -0.2) is 4.79 Å². The van der Waals surface area contributed by atoms with Crippen molar-refractivity contribution in [2.75, 3.05) is 50.1 Å². The summed E-state index contributed by atoms with van der Waals surface area (Å²) in [7, 11) is 2.09. The third kappa shape index (κ3) is 6.35. The van der Waals surface area contributed by atoms with Gasteiger partial charge in [-0.3, -0.25) is 0 Å². The number of urea groups is 1. The fraction of sp³-hybridized carbons (Fsp3) is 0.409. The second-order valence-corrected chi connectivity index (χ2v) is 7.66. The van der Waals surface area contributed by atoms with Crippen molar-refractivity contribution in [3.05, 3.63) is 58.6 Å². The molecule has 0 bridgehead atoms. The number of carbonyl (C=O) groups is 1. The number of amides is 2. The smallest absolute Gasteiger partial charge is 0.319 e. The van der Waals surface area contributed by atoms with Gasteiger partial charge in [-0.2, -0.15) is 0 Å². The maximum Gasteiger partial charge on any atom is 0.319 e. The lowest BCUT2D eigenvalue weighted by molar-refractivity contribution is 0.123. The molecule has 1 aliphatic rings. The Morgan fingerprint density at radius 2 is 1.93 bits per heavy atom. The first kappa shape index (κ1) is 21.4. The van der Waals surface area contributed by atoms with Gasteiger partial charge in [-0.05, 0) is 42.9 Å². The van der Waals surface area contributed by atoms with E-state index in [1.54, 1.807) is 6.07 Å². The molecule has 1 heterocycles. The number of carbonyl (C=O) groups excluding carboxylic acids is 1. The summed E-state index contributed by atoms with van der Waals surface area (Å²) >= 11 is 6.16. The predicted octanol–water partition coefficient (Wildman–Crippen LogP) is 3.95. The highest BCUT2D eigenvalue weighted by atomic mass is 35.5. The number of morpholine rings is 1. The van der Waals surface area contributed by atoms with Crippen molar-refractivity contribution in [1.29, 1.82) is 0 Å². The third-order valence-corrected chi connectivity index (χ3v) is 5.23. The van der Waals surface area contributed by atoms with Crippen molar-refractivity contribution in [1.82, 2.24) is 10.2 Å². The van der Waals surface area contributed by atoms with Crippen LogP contribution in [0.2, 0.25) is 5.02 Å². The monoisotopic (exact) mass is 416 g/mol. The largest absolute Gasteiger partial charge is 0.378 e. The maximum atomic E-state index is 12.5. The molecule has 0 radical (unpaired) electrons. The lowest BCUT2D eigenvalue weighted by atomic mass is 10.1. The van der Waals surface area contributed by atoms with Crippen molar-refractivity contribution in [2.24, 2.45) is 0 Å². The highest BCUT2D eigenvalue weighted by Crippen LogP contribution is 2.29. The summed E-state index contributed by atoms with van der Waals surface area (Å²) in [5, 5.41) is 6.48. The van der Waals surface area contributed by atoms with Crippen LogP contribution < -0.4 is 15.5 Å². The summed E-state index contributed by atoms with van der Waals surface area (Å²) in [6, 6.07) is 13.6. The molecule has 0 aliphatic carbocycles. The highest BCUT2D eigenvalue weighted by Gasteiger charge is 2.16. The van der Waals surface area contributed by atoms with Gasteiger partial charge in [0.15, 0.2) is 0 Å². The minimum absolute atomic E-state index is 0.252. The van der Waals surface area contributed by atoms with E-state index in [1.165, 1.54) is 5.56 Å². The molecule has 0 saturated carbocycles. The van der Waals surface area contributed by atoms with Crippen molar-refractivity contribution in [3.63, 3.8) is 0 Å². The second kappa shape index (κ2) is 10.5. The van der Waals surface area contributed by atoms with E-state index >= 15 is 0 Å². The van der Waals surface area contributed by atoms with Gasteiger partial charge in [-0.1, -0.05) is 42.8 Å². The molecule has 2 aromatic rings. The van der Waals surface area contributed by atoms with E-state index in [2.05, 4.69) is 46.5 Å². The maximum absolute atomic E-state index is 12.5. The Hall–Kier alpha value is -2.28. The van der Waals surface area contributed by atoms with Crippen LogP contribution in [0, 0.1) is 0 Å². The molecule has 1 saturated heterocycles. The number of hydrogen-bond acceptors (Lipinski definition) is 4. The first-order valence-corrected chi connectivity index (χ1v) is 10.4. The number of benzene rings is 2. The molecular formula is C22H29ClN4O2. The number of nitrogens with zero attached hydrogens (tertiary/aromatic N) is 2. The quantitative estimate of drug-likeness (QED) is 0.717. The second-order valence-electron chi connectivity index (χ2n) is 7.22. The van der Waals surface area contributed by atoms with E-state index < -0.39 is 0 Å². The first-order chi connectivity index (χ1) is 14.0. The standard InChI is InChI=1S/C22H29ClN4O2/c1-3-26(2)16-18-6-4-5-17(13-18)15-24-22(28)25-20-14-19(23)7-8-21(20)27-9-11-29-12-10-27/h4-8,13-14H,3,9-12,15-16H2,1-2H3,(H2,24,25,28). The number of hydrogen-bond donors (Lipinski definition) is 2. The average molecular weight is 417 g/mol. The topological polar surface area (TPSA) is 56.8 Å². The minimum Gasteiger partial charge on any atom is -0.378 e. The number of halogens is 1. The molecule has 156 valence electrons. The molecule has 3 rings (SSSR count).